The molecule has 1 nitrogen and oxygen atoms in total. The predicted octanol–water partition coefficient (Wildman–Crippen LogP) is 12.2. The van der Waals surface area contributed by atoms with Crippen LogP contribution in [0, 0.1) is 0 Å². The number of hydrogen-bond donors (Lipinski definition) is 0. The second-order valence-corrected chi connectivity index (χ2v) is 11.8. The van der Waals surface area contributed by atoms with Crippen LogP contribution in [0.15, 0.2) is 146 Å². The maximum atomic E-state index is 6.48. The summed E-state index contributed by atoms with van der Waals surface area (Å²) >= 11 is 8.34. The fourth-order valence-electron chi connectivity index (χ4n) is 6.09. The Hall–Kier alpha value is -4.63. The Bertz CT molecular complexity index is 2220. The van der Waals surface area contributed by atoms with E-state index in [4.69, 9.17) is 11.6 Å². The zero-order valence-electron chi connectivity index (χ0n) is 22.1. The highest BCUT2D eigenvalue weighted by atomic mass is 35.5. The highest BCUT2D eigenvalue weighted by Crippen LogP contribution is 2.47. The van der Waals surface area contributed by atoms with Gasteiger partial charge in [-0.25, -0.2) is 0 Å². The van der Waals surface area contributed by atoms with Crippen LogP contribution in [0.2, 0.25) is 5.02 Å². The Morgan fingerprint density at radius 1 is 0.488 bits per heavy atom. The van der Waals surface area contributed by atoms with Gasteiger partial charge in [-0.1, -0.05) is 115 Å². The molecule has 0 fully saturated rings. The fourth-order valence-corrected chi connectivity index (χ4v) is 7.55. The zero-order valence-corrected chi connectivity index (χ0v) is 23.7. The summed E-state index contributed by atoms with van der Waals surface area (Å²) in [7, 11) is 0. The predicted molar refractivity (Wildman–Crippen MR) is 179 cm³/mol. The van der Waals surface area contributed by atoms with E-state index in [9.17, 15) is 0 Å². The van der Waals surface area contributed by atoms with Crippen molar-refractivity contribution in [1.29, 1.82) is 0 Å². The fraction of sp³-hybridized carbons (Fsp3) is 0. The molecule has 3 heteroatoms. The van der Waals surface area contributed by atoms with Crippen LogP contribution in [0.1, 0.15) is 0 Å². The summed E-state index contributed by atoms with van der Waals surface area (Å²) in [6.07, 6.45) is 0. The van der Waals surface area contributed by atoms with Crippen molar-refractivity contribution in [2.75, 3.05) is 4.90 Å². The number of benzene rings is 7. The number of halogens is 1. The van der Waals surface area contributed by atoms with Gasteiger partial charge >= 0.3 is 0 Å². The molecule has 7 aromatic carbocycles. The van der Waals surface area contributed by atoms with E-state index in [2.05, 4.69) is 144 Å². The number of anilines is 3. The zero-order chi connectivity index (χ0) is 27.3. The SMILES string of the molecule is Clc1ccc2c(c1)c1ccccc1c1c3ccc(N(c4ccccc4)c4ccccc4-c4ccccc4)cc3sc21. The van der Waals surface area contributed by atoms with Gasteiger partial charge < -0.3 is 4.90 Å². The quantitative estimate of drug-likeness (QED) is 0.193. The molecule has 8 rings (SSSR count). The van der Waals surface area contributed by atoms with Gasteiger partial charge in [0.05, 0.1) is 5.69 Å². The molecule has 41 heavy (non-hydrogen) atoms. The van der Waals surface area contributed by atoms with Gasteiger partial charge in [0.25, 0.3) is 0 Å². The lowest BCUT2D eigenvalue weighted by Crippen LogP contribution is -2.10. The van der Waals surface area contributed by atoms with Crippen LogP contribution in [0.5, 0.6) is 0 Å². The van der Waals surface area contributed by atoms with Crippen molar-refractivity contribution in [2.45, 2.75) is 0 Å². The van der Waals surface area contributed by atoms with E-state index in [-0.39, 0.29) is 0 Å². The molecule has 0 N–H and O–H groups in total. The van der Waals surface area contributed by atoms with Crippen molar-refractivity contribution in [3.8, 4) is 11.1 Å². The van der Waals surface area contributed by atoms with Crippen molar-refractivity contribution in [3.05, 3.63) is 151 Å². The average Bonchev–Trinajstić information content (AvgIpc) is 3.42. The summed E-state index contributed by atoms with van der Waals surface area (Å²) in [4.78, 5) is 2.38. The van der Waals surface area contributed by atoms with Gasteiger partial charge in [-0.05, 0) is 64.2 Å². The number of thiophene rings is 1. The number of fused-ring (bicyclic) bond motifs is 8. The first kappa shape index (κ1) is 24.2. The van der Waals surface area contributed by atoms with Gasteiger partial charge in [0.1, 0.15) is 0 Å². The monoisotopic (exact) mass is 561 g/mol. The Balaban J connectivity index is 1.41. The van der Waals surface area contributed by atoms with Crippen molar-refractivity contribution in [2.24, 2.45) is 0 Å². The highest BCUT2D eigenvalue weighted by molar-refractivity contribution is 7.27. The van der Waals surface area contributed by atoms with Crippen LogP contribution >= 0.6 is 22.9 Å². The first-order valence-corrected chi connectivity index (χ1v) is 14.9. The van der Waals surface area contributed by atoms with Gasteiger partial charge in [-0.2, -0.15) is 0 Å². The van der Waals surface area contributed by atoms with Crippen LogP contribution in [0.4, 0.5) is 17.1 Å². The van der Waals surface area contributed by atoms with E-state index in [1.807, 2.05) is 17.4 Å². The van der Waals surface area contributed by atoms with E-state index in [1.165, 1.54) is 52.8 Å². The van der Waals surface area contributed by atoms with Gasteiger partial charge in [0, 0.05) is 47.5 Å². The Morgan fingerprint density at radius 2 is 1.17 bits per heavy atom. The van der Waals surface area contributed by atoms with Crippen molar-refractivity contribution in [1.82, 2.24) is 0 Å². The van der Waals surface area contributed by atoms with Crippen molar-refractivity contribution >= 4 is 81.7 Å². The van der Waals surface area contributed by atoms with Crippen molar-refractivity contribution < 1.29 is 0 Å². The molecular formula is C38H24ClNS. The molecule has 0 atom stereocenters. The topological polar surface area (TPSA) is 3.24 Å². The lowest BCUT2D eigenvalue weighted by Gasteiger charge is -2.28. The minimum Gasteiger partial charge on any atom is -0.310 e. The van der Waals surface area contributed by atoms with Gasteiger partial charge in [0.2, 0.25) is 0 Å². The Morgan fingerprint density at radius 3 is 2.00 bits per heavy atom. The van der Waals surface area contributed by atoms with E-state index >= 15 is 0 Å². The maximum Gasteiger partial charge on any atom is 0.0540 e. The lowest BCUT2D eigenvalue weighted by atomic mass is 9.97. The number of rotatable bonds is 4. The average molecular weight is 562 g/mol. The molecule has 0 saturated carbocycles. The largest absolute Gasteiger partial charge is 0.310 e. The minimum atomic E-state index is 0.765. The van der Waals surface area contributed by atoms with Crippen LogP contribution in [-0.4, -0.2) is 0 Å². The van der Waals surface area contributed by atoms with E-state index in [0.717, 1.165) is 22.1 Å². The summed E-state index contributed by atoms with van der Waals surface area (Å²) in [5.41, 5.74) is 5.80. The molecule has 1 heterocycles. The number of nitrogens with zero attached hydrogens (tertiary/aromatic N) is 1. The van der Waals surface area contributed by atoms with E-state index in [1.54, 1.807) is 0 Å². The summed E-state index contributed by atoms with van der Waals surface area (Å²) in [6, 6.07) is 51.9. The molecule has 0 aliphatic carbocycles. The molecule has 0 unspecified atom stereocenters. The second kappa shape index (κ2) is 9.78. The third-order valence-electron chi connectivity index (χ3n) is 7.89. The Kier molecular flexibility index (Phi) is 5.77. The first-order chi connectivity index (χ1) is 20.3. The van der Waals surface area contributed by atoms with Gasteiger partial charge in [-0.3, -0.25) is 0 Å². The third kappa shape index (κ3) is 3.99. The molecule has 0 saturated heterocycles. The molecule has 0 bridgehead atoms. The van der Waals surface area contributed by atoms with Crippen LogP contribution in [-0.2, 0) is 0 Å². The lowest BCUT2D eigenvalue weighted by molar-refractivity contribution is 1.29. The molecular weight excluding hydrogens is 538 g/mol. The molecule has 0 radical (unpaired) electrons. The number of para-hydroxylation sites is 2. The Labute approximate surface area is 247 Å². The summed E-state index contributed by atoms with van der Waals surface area (Å²) < 4.78 is 2.57. The normalized spacial score (nSPS) is 11.5. The molecule has 8 aromatic rings. The first-order valence-electron chi connectivity index (χ1n) is 13.7. The molecule has 0 spiro atoms. The highest BCUT2D eigenvalue weighted by Gasteiger charge is 2.19. The van der Waals surface area contributed by atoms with E-state index in [0.29, 0.717) is 0 Å². The third-order valence-corrected chi connectivity index (χ3v) is 9.31. The summed E-state index contributed by atoms with van der Waals surface area (Å²) in [6.45, 7) is 0. The minimum absolute atomic E-state index is 0.765. The van der Waals surface area contributed by atoms with Gasteiger partial charge in [-0.15, -0.1) is 11.3 Å². The van der Waals surface area contributed by atoms with Crippen LogP contribution < -0.4 is 4.90 Å². The van der Waals surface area contributed by atoms with Gasteiger partial charge in [0.15, 0.2) is 0 Å². The maximum absolute atomic E-state index is 6.48. The van der Waals surface area contributed by atoms with Crippen molar-refractivity contribution in [3.63, 3.8) is 0 Å². The molecule has 0 amide bonds. The standard InChI is InChI=1S/C38H24ClNS/c39-26-19-21-32-34(23-26)30-16-7-8-17-31(30)37-33-22-20-28(24-36(33)41-38(32)37)40(27-13-5-2-6-14-27)35-18-10-9-15-29(35)25-11-3-1-4-12-25/h1-24H. The molecule has 1 aromatic heterocycles. The molecule has 194 valence electrons. The smallest absolute Gasteiger partial charge is 0.0540 e. The van der Waals surface area contributed by atoms with E-state index < -0.39 is 0 Å². The van der Waals surface area contributed by atoms with Crippen LogP contribution in [0.25, 0.3) is 52.8 Å². The molecule has 0 aliphatic heterocycles. The molecule has 0 aliphatic rings. The number of hydrogen-bond acceptors (Lipinski definition) is 2. The van der Waals surface area contributed by atoms with Crippen LogP contribution in [0.3, 0.4) is 0 Å². The second-order valence-electron chi connectivity index (χ2n) is 10.3. The summed E-state index contributed by atoms with van der Waals surface area (Å²) in [5.74, 6) is 0. The summed E-state index contributed by atoms with van der Waals surface area (Å²) in [5, 5.41) is 8.33.